The second-order valence-electron chi connectivity index (χ2n) is 7.68. The van der Waals surface area contributed by atoms with Gasteiger partial charge in [0.15, 0.2) is 0 Å². The summed E-state index contributed by atoms with van der Waals surface area (Å²) in [5.41, 5.74) is 5.52. The quantitative estimate of drug-likeness (QED) is 0.555. The van der Waals surface area contributed by atoms with E-state index < -0.39 is 0 Å². The lowest BCUT2D eigenvalue weighted by Crippen LogP contribution is -2.14. The van der Waals surface area contributed by atoms with Crippen LogP contribution < -0.4 is 5.32 Å². The fourth-order valence-electron chi connectivity index (χ4n) is 4.02. The summed E-state index contributed by atoms with van der Waals surface area (Å²) in [6.07, 6.45) is 10.2. The average Bonchev–Trinajstić information content (AvgIpc) is 3.19. The lowest BCUT2D eigenvalue weighted by atomic mass is 9.90. The van der Waals surface area contributed by atoms with Crippen molar-refractivity contribution < 1.29 is 4.79 Å². The first kappa shape index (κ1) is 17.6. The number of benzene rings is 2. The summed E-state index contributed by atoms with van der Waals surface area (Å²) in [6, 6.07) is 14.2. The molecule has 1 aliphatic carbocycles. The van der Waals surface area contributed by atoms with E-state index in [0.717, 1.165) is 34.7 Å². The van der Waals surface area contributed by atoms with Crippen molar-refractivity contribution in [3.63, 3.8) is 0 Å². The Morgan fingerprint density at radius 3 is 2.62 bits per heavy atom. The SMILES string of the molecule is Cn1cc(-c2ccc3cnc(NC(=O)c4ccc5c(c4)CCCC5)cc3c2)cn1. The number of carbonyl (C=O) groups excluding carboxylic acids is 1. The number of pyridine rings is 1. The number of anilines is 1. The molecule has 5 rings (SSSR count). The van der Waals surface area contributed by atoms with Crippen molar-refractivity contribution in [2.75, 3.05) is 5.32 Å². The minimum Gasteiger partial charge on any atom is -0.307 e. The van der Waals surface area contributed by atoms with Crippen LogP contribution in [0, 0.1) is 0 Å². The lowest BCUT2D eigenvalue weighted by Gasteiger charge is -2.16. The number of amides is 1. The standard InChI is InChI=1S/C24H22N4O/c1-28-15-22(14-26-28)18-7-9-20-13-25-23(12-21(20)11-18)27-24(29)19-8-6-16-4-2-3-5-17(16)10-19/h6-15H,2-5H2,1H3,(H,25,27,29). The van der Waals surface area contributed by atoms with Crippen LogP contribution in [0.15, 0.2) is 61.1 Å². The summed E-state index contributed by atoms with van der Waals surface area (Å²) in [4.78, 5) is 17.2. The molecule has 0 radical (unpaired) electrons. The molecule has 0 bridgehead atoms. The number of nitrogens with one attached hydrogen (secondary N) is 1. The molecule has 0 atom stereocenters. The predicted molar refractivity (Wildman–Crippen MR) is 115 cm³/mol. The van der Waals surface area contributed by atoms with Crippen LogP contribution in [-0.4, -0.2) is 20.7 Å². The highest BCUT2D eigenvalue weighted by Gasteiger charge is 2.13. The molecular weight excluding hydrogens is 360 g/mol. The van der Waals surface area contributed by atoms with Gasteiger partial charge in [0.1, 0.15) is 5.82 Å². The molecule has 0 unspecified atom stereocenters. The van der Waals surface area contributed by atoms with E-state index in [1.54, 1.807) is 10.9 Å². The smallest absolute Gasteiger partial charge is 0.256 e. The Kier molecular flexibility index (Phi) is 4.35. The van der Waals surface area contributed by atoms with Crippen LogP contribution in [0.25, 0.3) is 21.9 Å². The molecule has 0 fully saturated rings. The van der Waals surface area contributed by atoms with E-state index in [2.05, 4.69) is 33.6 Å². The molecule has 1 amide bonds. The van der Waals surface area contributed by atoms with Crippen LogP contribution in [0.1, 0.15) is 34.3 Å². The van der Waals surface area contributed by atoms with Crippen LogP contribution >= 0.6 is 0 Å². The van der Waals surface area contributed by atoms with Gasteiger partial charge in [-0.05, 0) is 72.0 Å². The zero-order valence-electron chi connectivity index (χ0n) is 16.4. The van der Waals surface area contributed by atoms with Crippen LogP contribution in [0.5, 0.6) is 0 Å². The monoisotopic (exact) mass is 382 g/mol. The zero-order valence-corrected chi connectivity index (χ0v) is 16.4. The fourth-order valence-corrected chi connectivity index (χ4v) is 4.02. The molecule has 144 valence electrons. The fraction of sp³-hybridized carbons (Fsp3) is 0.208. The molecule has 2 aromatic carbocycles. The first-order chi connectivity index (χ1) is 14.2. The van der Waals surface area contributed by atoms with Crippen molar-refractivity contribution in [2.24, 2.45) is 7.05 Å². The highest BCUT2D eigenvalue weighted by Crippen LogP contribution is 2.26. The summed E-state index contributed by atoms with van der Waals surface area (Å²) in [7, 11) is 1.91. The molecule has 0 aliphatic heterocycles. The molecule has 0 spiro atoms. The van der Waals surface area contributed by atoms with Gasteiger partial charge in [0, 0.05) is 36.0 Å². The van der Waals surface area contributed by atoms with Gasteiger partial charge >= 0.3 is 0 Å². The van der Waals surface area contributed by atoms with Crippen molar-refractivity contribution in [3.8, 4) is 11.1 Å². The van der Waals surface area contributed by atoms with E-state index >= 15 is 0 Å². The summed E-state index contributed by atoms with van der Waals surface area (Å²) in [6.45, 7) is 0. The third-order valence-corrected chi connectivity index (χ3v) is 5.61. The van der Waals surface area contributed by atoms with Crippen LogP contribution in [0.3, 0.4) is 0 Å². The third-order valence-electron chi connectivity index (χ3n) is 5.61. The predicted octanol–water partition coefficient (Wildman–Crippen LogP) is 4.77. The molecule has 1 aliphatic rings. The van der Waals surface area contributed by atoms with E-state index in [0.29, 0.717) is 11.4 Å². The van der Waals surface area contributed by atoms with Gasteiger partial charge in [-0.2, -0.15) is 5.10 Å². The summed E-state index contributed by atoms with van der Waals surface area (Å²) in [5.74, 6) is 0.442. The van der Waals surface area contributed by atoms with Crippen molar-refractivity contribution in [2.45, 2.75) is 25.7 Å². The summed E-state index contributed by atoms with van der Waals surface area (Å²) < 4.78 is 1.79. The van der Waals surface area contributed by atoms with Crippen molar-refractivity contribution in [1.82, 2.24) is 14.8 Å². The molecule has 1 N–H and O–H groups in total. The van der Waals surface area contributed by atoms with Gasteiger partial charge in [-0.3, -0.25) is 9.48 Å². The van der Waals surface area contributed by atoms with Crippen LogP contribution in [0.4, 0.5) is 5.82 Å². The number of aryl methyl sites for hydroxylation is 3. The Balaban J connectivity index is 1.42. The second-order valence-corrected chi connectivity index (χ2v) is 7.68. The Morgan fingerprint density at radius 1 is 0.931 bits per heavy atom. The Hall–Kier alpha value is -3.47. The number of nitrogens with zero attached hydrogens (tertiary/aromatic N) is 3. The van der Waals surface area contributed by atoms with Gasteiger partial charge in [0.25, 0.3) is 5.91 Å². The molecule has 2 heterocycles. The molecule has 5 heteroatoms. The van der Waals surface area contributed by atoms with Crippen LogP contribution in [0.2, 0.25) is 0 Å². The maximum Gasteiger partial charge on any atom is 0.256 e. The topological polar surface area (TPSA) is 59.8 Å². The van der Waals surface area contributed by atoms with E-state index in [4.69, 9.17) is 0 Å². The normalized spacial score (nSPS) is 13.3. The summed E-state index contributed by atoms with van der Waals surface area (Å²) in [5, 5.41) is 9.26. The molecule has 29 heavy (non-hydrogen) atoms. The van der Waals surface area contributed by atoms with Gasteiger partial charge in [-0.15, -0.1) is 0 Å². The molecule has 2 aromatic heterocycles. The van der Waals surface area contributed by atoms with Gasteiger partial charge in [-0.1, -0.05) is 18.2 Å². The van der Waals surface area contributed by atoms with Crippen molar-refractivity contribution in [1.29, 1.82) is 0 Å². The van der Waals surface area contributed by atoms with E-state index in [9.17, 15) is 4.79 Å². The van der Waals surface area contributed by atoms with Crippen LogP contribution in [-0.2, 0) is 19.9 Å². The number of hydrogen-bond acceptors (Lipinski definition) is 3. The Morgan fingerprint density at radius 2 is 1.79 bits per heavy atom. The Labute approximate surface area is 169 Å². The Bertz CT molecular complexity index is 1220. The van der Waals surface area contributed by atoms with E-state index in [1.807, 2.05) is 43.7 Å². The summed E-state index contributed by atoms with van der Waals surface area (Å²) >= 11 is 0. The average molecular weight is 382 g/mol. The molecule has 5 nitrogen and oxygen atoms in total. The second kappa shape index (κ2) is 7.17. The molecule has 0 saturated carbocycles. The van der Waals surface area contributed by atoms with Gasteiger partial charge in [0.2, 0.25) is 0 Å². The highest BCUT2D eigenvalue weighted by molar-refractivity contribution is 6.04. The van der Waals surface area contributed by atoms with Crippen molar-refractivity contribution in [3.05, 3.63) is 77.7 Å². The van der Waals surface area contributed by atoms with E-state index in [1.165, 1.54) is 24.0 Å². The minimum absolute atomic E-state index is 0.117. The largest absolute Gasteiger partial charge is 0.307 e. The molecule has 4 aromatic rings. The lowest BCUT2D eigenvalue weighted by molar-refractivity contribution is 0.102. The maximum absolute atomic E-state index is 12.8. The minimum atomic E-state index is -0.117. The molecular formula is C24H22N4O. The van der Waals surface area contributed by atoms with Gasteiger partial charge < -0.3 is 5.32 Å². The first-order valence-electron chi connectivity index (χ1n) is 9.98. The molecule has 0 saturated heterocycles. The third kappa shape index (κ3) is 3.51. The first-order valence-corrected chi connectivity index (χ1v) is 9.98. The maximum atomic E-state index is 12.8. The number of rotatable bonds is 3. The number of aromatic nitrogens is 3. The zero-order chi connectivity index (χ0) is 19.8. The van der Waals surface area contributed by atoms with Gasteiger partial charge in [0.05, 0.1) is 6.20 Å². The number of fused-ring (bicyclic) bond motifs is 2. The van der Waals surface area contributed by atoms with Crippen molar-refractivity contribution >= 4 is 22.5 Å². The van der Waals surface area contributed by atoms with Gasteiger partial charge in [-0.25, -0.2) is 4.98 Å². The number of hydrogen-bond donors (Lipinski definition) is 1. The highest BCUT2D eigenvalue weighted by atomic mass is 16.1. The number of carbonyl (C=O) groups is 1. The van der Waals surface area contributed by atoms with E-state index in [-0.39, 0.29) is 5.91 Å².